The quantitative estimate of drug-likeness (QED) is 0.295. The van der Waals surface area contributed by atoms with Crippen LogP contribution < -0.4 is 16.2 Å². The van der Waals surface area contributed by atoms with Gasteiger partial charge in [-0.1, -0.05) is 13.0 Å². The van der Waals surface area contributed by atoms with E-state index in [-0.39, 0.29) is 53.5 Å². The minimum atomic E-state index is -1.44. The Morgan fingerprint density at radius 3 is 2.57 bits per heavy atom. The fourth-order valence-electron chi connectivity index (χ4n) is 6.00. The number of hydrogen-bond acceptors (Lipinski definition) is 7. The van der Waals surface area contributed by atoms with Crippen molar-refractivity contribution in [3.63, 3.8) is 0 Å². The molecule has 1 aromatic carbocycles. The van der Waals surface area contributed by atoms with E-state index >= 15 is 0 Å². The molecule has 0 spiro atoms. The Morgan fingerprint density at radius 2 is 1.91 bits per heavy atom. The number of nitrogens with zero attached hydrogens (tertiary/aromatic N) is 4. The third-order valence-corrected chi connectivity index (χ3v) is 8.66. The number of nitrogens with one attached hydrogen (secondary N) is 2. The Balaban J connectivity index is 1.30. The standard InChI is InChI=1S/C35H39FN6O4/c1-21(18-46-3)15-38-16-23-11-29(34(45)42(17-23)26-7-8-26)32(43)40-31-13-25(12-30(39-31)24-5-6-24)27-9-4-22(14-37)10-28(27)33(44)41-19-35(2,36)20-41/h4,9-13,17,21,24,26,38H,5-8,15-16,18-20H2,1-3H3,(H,39,40,43). The summed E-state index contributed by atoms with van der Waals surface area (Å²) in [5, 5.41) is 15.8. The summed E-state index contributed by atoms with van der Waals surface area (Å²) in [5.74, 6) is -0.123. The Hall–Kier alpha value is -4.40. The lowest BCUT2D eigenvalue weighted by Gasteiger charge is -2.42. The van der Waals surface area contributed by atoms with Crippen LogP contribution in [0.25, 0.3) is 11.1 Å². The van der Waals surface area contributed by atoms with Crippen molar-refractivity contribution in [1.82, 2.24) is 19.8 Å². The van der Waals surface area contributed by atoms with Crippen molar-refractivity contribution in [2.45, 2.75) is 63.7 Å². The van der Waals surface area contributed by atoms with Gasteiger partial charge in [-0.15, -0.1) is 0 Å². The van der Waals surface area contributed by atoms with Gasteiger partial charge in [0.15, 0.2) is 0 Å². The second-order valence-corrected chi connectivity index (χ2v) is 13.2. The number of amides is 2. The highest BCUT2D eigenvalue weighted by Crippen LogP contribution is 2.42. The number of hydrogen-bond donors (Lipinski definition) is 2. The number of likely N-dealkylation sites (tertiary alicyclic amines) is 1. The molecule has 2 aliphatic carbocycles. The normalized spacial score (nSPS) is 17.6. The lowest BCUT2D eigenvalue weighted by Crippen LogP contribution is -2.59. The van der Waals surface area contributed by atoms with Gasteiger partial charge in [-0.3, -0.25) is 14.4 Å². The number of methoxy groups -OCH3 is 1. The molecule has 46 heavy (non-hydrogen) atoms. The maximum atomic E-state index is 14.3. The number of nitriles is 1. The van der Waals surface area contributed by atoms with Crippen molar-refractivity contribution in [2.75, 3.05) is 38.7 Å². The zero-order valence-electron chi connectivity index (χ0n) is 26.4. The highest BCUT2D eigenvalue weighted by Gasteiger charge is 2.42. The van der Waals surface area contributed by atoms with Gasteiger partial charge in [-0.2, -0.15) is 5.26 Å². The molecule has 1 atom stereocenters. The Bertz CT molecular complexity index is 1760. The zero-order valence-corrected chi connectivity index (χ0v) is 26.4. The van der Waals surface area contributed by atoms with Gasteiger partial charge in [-0.05, 0) is 85.5 Å². The summed E-state index contributed by atoms with van der Waals surface area (Å²) in [4.78, 5) is 46.8. The van der Waals surface area contributed by atoms with Crippen molar-refractivity contribution >= 4 is 17.6 Å². The van der Waals surface area contributed by atoms with E-state index in [1.165, 1.54) is 17.9 Å². The summed E-state index contributed by atoms with van der Waals surface area (Å²) >= 11 is 0. The summed E-state index contributed by atoms with van der Waals surface area (Å²) in [6.07, 6.45) is 5.53. The second-order valence-electron chi connectivity index (χ2n) is 13.2. The van der Waals surface area contributed by atoms with Gasteiger partial charge in [0.2, 0.25) is 0 Å². The van der Waals surface area contributed by atoms with E-state index in [0.717, 1.165) is 43.5 Å². The average molecular weight is 627 g/mol. The third-order valence-electron chi connectivity index (χ3n) is 8.66. The molecule has 240 valence electrons. The van der Waals surface area contributed by atoms with E-state index in [9.17, 15) is 24.0 Å². The number of pyridine rings is 2. The smallest absolute Gasteiger partial charge is 0.263 e. The first-order chi connectivity index (χ1) is 22.0. The van der Waals surface area contributed by atoms with E-state index in [1.807, 2.05) is 12.3 Å². The van der Waals surface area contributed by atoms with Gasteiger partial charge >= 0.3 is 0 Å². The zero-order chi connectivity index (χ0) is 32.6. The predicted octanol–water partition coefficient (Wildman–Crippen LogP) is 4.80. The number of rotatable bonds is 12. The van der Waals surface area contributed by atoms with Crippen molar-refractivity contribution in [3.05, 3.63) is 80.9 Å². The van der Waals surface area contributed by atoms with Gasteiger partial charge in [0.25, 0.3) is 17.4 Å². The summed E-state index contributed by atoms with van der Waals surface area (Å²) in [7, 11) is 1.67. The van der Waals surface area contributed by atoms with Gasteiger partial charge < -0.3 is 24.8 Å². The van der Waals surface area contributed by atoms with Crippen molar-refractivity contribution < 1.29 is 18.7 Å². The molecule has 3 fully saturated rings. The molecular weight excluding hydrogens is 587 g/mol. The largest absolute Gasteiger partial charge is 0.384 e. The summed E-state index contributed by atoms with van der Waals surface area (Å²) in [5.41, 5.74) is 1.66. The number of carbonyl (C=O) groups excluding carboxylic acids is 2. The fraction of sp³-hybridized carbons (Fsp3) is 0.457. The number of alkyl halides is 1. The predicted molar refractivity (Wildman–Crippen MR) is 171 cm³/mol. The van der Waals surface area contributed by atoms with Crippen LogP contribution in [0.2, 0.25) is 0 Å². The highest BCUT2D eigenvalue weighted by molar-refractivity contribution is 6.05. The molecule has 0 radical (unpaired) electrons. The lowest BCUT2D eigenvalue weighted by molar-refractivity contribution is -0.00780. The first-order valence-corrected chi connectivity index (χ1v) is 15.9. The Morgan fingerprint density at radius 1 is 1.15 bits per heavy atom. The fourth-order valence-corrected chi connectivity index (χ4v) is 6.00. The molecular formula is C35H39FN6O4. The van der Waals surface area contributed by atoms with Crippen LogP contribution in [0.4, 0.5) is 10.2 Å². The molecule has 3 aromatic rings. The number of carbonyl (C=O) groups is 2. The molecule has 3 heterocycles. The van der Waals surface area contributed by atoms with Gasteiger partial charge in [0, 0.05) is 56.2 Å². The molecule has 10 nitrogen and oxygen atoms in total. The topological polar surface area (TPSA) is 129 Å². The van der Waals surface area contributed by atoms with Crippen molar-refractivity contribution in [2.24, 2.45) is 5.92 Å². The summed E-state index contributed by atoms with van der Waals surface area (Å²) in [6, 6.07) is 12.2. The SMILES string of the molecule is COCC(C)CNCc1cc(C(=O)Nc2cc(-c3ccc(C#N)cc3C(=O)N3CC(C)(F)C3)cc(C3CC3)n2)c(=O)n(C2CC2)c1. The minimum Gasteiger partial charge on any atom is -0.384 e. The van der Waals surface area contributed by atoms with E-state index in [1.54, 1.807) is 35.9 Å². The first-order valence-electron chi connectivity index (χ1n) is 15.9. The van der Waals surface area contributed by atoms with Gasteiger partial charge in [0.05, 0.1) is 24.7 Å². The number of aromatic nitrogens is 2. The van der Waals surface area contributed by atoms with Crippen LogP contribution in [0.15, 0.2) is 47.4 Å². The molecule has 11 heteroatoms. The highest BCUT2D eigenvalue weighted by atomic mass is 19.1. The van der Waals surface area contributed by atoms with Crippen LogP contribution in [-0.2, 0) is 11.3 Å². The minimum absolute atomic E-state index is 0.0216. The summed E-state index contributed by atoms with van der Waals surface area (Å²) in [6.45, 7) is 5.35. The number of halogens is 1. The first kappa shape index (κ1) is 31.6. The number of ether oxygens (including phenoxy) is 1. The van der Waals surface area contributed by atoms with Gasteiger partial charge in [0.1, 0.15) is 17.1 Å². The van der Waals surface area contributed by atoms with E-state index in [4.69, 9.17) is 9.72 Å². The molecule has 2 amide bonds. The summed E-state index contributed by atoms with van der Waals surface area (Å²) < 4.78 is 21.2. The molecule has 0 bridgehead atoms. The molecule has 2 saturated carbocycles. The Kier molecular flexibility index (Phi) is 8.77. The van der Waals surface area contributed by atoms with Crippen LogP contribution in [0.5, 0.6) is 0 Å². The van der Waals surface area contributed by atoms with Crippen LogP contribution in [0, 0.1) is 17.2 Å². The molecule has 1 aliphatic heterocycles. The molecule has 1 unspecified atom stereocenters. The molecule has 6 rings (SSSR count). The maximum absolute atomic E-state index is 14.3. The number of anilines is 1. The molecule has 2 aromatic heterocycles. The maximum Gasteiger partial charge on any atom is 0.263 e. The van der Waals surface area contributed by atoms with E-state index in [0.29, 0.717) is 35.8 Å². The molecule has 3 aliphatic rings. The monoisotopic (exact) mass is 626 g/mol. The number of benzene rings is 1. The van der Waals surface area contributed by atoms with Crippen LogP contribution in [0.1, 0.15) is 89.0 Å². The molecule has 2 N–H and O–H groups in total. The third kappa shape index (κ3) is 7.03. The second kappa shape index (κ2) is 12.8. The van der Waals surface area contributed by atoms with E-state index in [2.05, 4.69) is 23.6 Å². The van der Waals surface area contributed by atoms with Crippen LogP contribution in [-0.4, -0.2) is 65.3 Å². The van der Waals surface area contributed by atoms with Crippen LogP contribution >= 0.6 is 0 Å². The van der Waals surface area contributed by atoms with Gasteiger partial charge in [-0.25, -0.2) is 9.37 Å². The Labute approximate surface area is 267 Å². The van der Waals surface area contributed by atoms with Crippen LogP contribution in [0.3, 0.4) is 0 Å². The van der Waals surface area contributed by atoms with E-state index < -0.39 is 11.6 Å². The lowest BCUT2D eigenvalue weighted by atomic mass is 9.93. The van der Waals surface area contributed by atoms with Crippen molar-refractivity contribution in [1.29, 1.82) is 5.26 Å². The average Bonchev–Trinajstić information content (AvgIpc) is 3.94. The van der Waals surface area contributed by atoms with Crippen molar-refractivity contribution in [3.8, 4) is 17.2 Å². The molecule has 1 saturated heterocycles.